The molecule has 3 aromatic rings. The van der Waals surface area contributed by atoms with Crippen molar-refractivity contribution in [3.63, 3.8) is 0 Å². The van der Waals surface area contributed by atoms with E-state index in [-0.39, 0.29) is 56.7 Å². The third-order valence-corrected chi connectivity index (χ3v) is 9.67. The summed E-state index contributed by atoms with van der Waals surface area (Å²) >= 11 is 1.05. The summed E-state index contributed by atoms with van der Waals surface area (Å²) in [7, 11) is 1.65. The molecule has 4 rings (SSSR count). The number of nitrogens with zero attached hydrogens (tertiary/aromatic N) is 11. The summed E-state index contributed by atoms with van der Waals surface area (Å²) in [5.41, 5.74) is -1.35. The van der Waals surface area contributed by atoms with E-state index < -0.39 is 46.1 Å². The Balaban J connectivity index is 1.55. The molecule has 0 aromatic carbocycles. The molecule has 58 heavy (non-hydrogen) atoms. The number of hydrogen-bond donors (Lipinski definition) is 1. The van der Waals surface area contributed by atoms with Crippen molar-refractivity contribution in [2.45, 2.75) is 115 Å². The maximum Gasteiger partial charge on any atom is 0.410 e. The van der Waals surface area contributed by atoms with Gasteiger partial charge < -0.3 is 53.3 Å². The first-order valence-electron chi connectivity index (χ1n) is 19.3. The highest BCUT2D eigenvalue weighted by atomic mass is 32.2. The Morgan fingerprint density at radius 1 is 0.741 bits per heavy atom. The number of amides is 3. The van der Waals surface area contributed by atoms with Gasteiger partial charge in [0.15, 0.2) is 10.7 Å². The SMILES string of the molecule is Cn1cnc([N+](=O)[O-])c1Sc1ncnc2c1ncn2CC(O)CN1CCCN(C(=O)OC(C)(C)C)CCN(C(=O)OC(C)(C)C)CCCN(C(=O)OC(C)(C)C)CC1. The van der Waals surface area contributed by atoms with Crippen molar-refractivity contribution >= 4 is 47.0 Å². The molecule has 0 radical (unpaired) electrons. The van der Waals surface area contributed by atoms with Gasteiger partial charge in [-0.1, -0.05) is 0 Å². The predicted molar refractivity (Wildman–Crippen MR) is 214 cm³/mol. The van der Waals surface area contributed by atoms with E-state index in [2.05, 4.69) is 19.9 Å². The van der Waals surface area contributed by atoms with Crippen molar-refractivity contribution in [3.8, 4) is 0 Å². The molecule has 3 aromatic heterocycles. The molecule has 21 heteroatoms. The highest BCUT2D eigenvalue weighted by Crippen LogP contribution is 2.35. The molecule has 1 aliphatic heterocycles. The predicted octanol–water partition coefficient (Wildman–Crippen LogP) is 4.79. The third kappa shape index (κ3) is 14.0. The largest absolute Gasteiger partial charge is 0.444 e. The molecule has 1 saturated heterocycles. The van der Waals surface area contributed by atoms with Crippen LogP contribution >= 0.6 is 11.8 Å². The van der Waals surface area contributed by atoms with E-state index in [0.29, 0.717) is 48.7 Å². The molecule has 0 saturated carbocycles. The molecule has 1 fully saturated rings. The van der Waals surface area contributed by atoms with Crippen LogP contribution in [0.1, 0.15) is 75.2 Å². The van der Waals surface area contributed by atoms with Crippen molar-refractivity contribution < 1.29 is 38.6 Å². The fourth-order valence-corrected chi connectivity index (χ4v) is 6.92. The van der Waals surface area contributed by atoms with E-state index in [1.54, 1.807) is 88.6 Å². The Bertz CT molecular complexity index is 1880. The Labute approximate surface area is 343 Å². The number of rotatable bonds is 7. The molecule has 1 N–H and O–H groups in total. The van der Waals surface area contributed by atoms with Gasteiger partial charge in [-0.2, -0.15) is 0 Å². The summed E-state index contributed by atoms with van der Waals surface area (Å²) < 4.78 is 20.4. The number of aliphatic hydroxyl groups excluding tert-OH is 1. The summed E-state index contributed by atoms with van der Waals surface area (Å²) in [6, 6.07) is 0. The number of hydrogen-bond acceptors (Lipinski definition) is 15. The van der Waals surface area contributed by atoms with Gasteiger partial charge >= 0.3 is 24.1 Å². The van der Waals surface area contributed by atoms with Gasteiger partial charge in [0.05, 0.1) is 19.0 Å². The maximum atomic E-state index is 13.5. The number of β-amino-alcohol motifs (C(OH)–C–C–N with tert-alkyl or cyclic N) is 1. The Morgan fingerprint density at radius 3 is 1.74 bits per heavy atom. The number of ether oxygens (including phenoxy) is 3. The van der Waals surface area contributed by atoms with Crippen molar-refractivity contribution in [2.75, 3.05) is 58.9 Å². The molecular weight excluding hydrogens is 775 g/mol. The summed E-state index contributed by atoms with van der Waals surface area (Å²) in [5.74, 6) is -0.298. The Morgan fingerprint density at radius 2 is 1.24 bits per heavy atom. The highest BCUT2D eigenvalue weighted by molar-refractivity contribution is 7.99. The number of fused-ring (bicyclic) bond motifs is 1. The standard InChI is InChI=1S/C37H59N11O9S/c1-35(2,3)55-32(50)44-15-12-16-46(34(52)57-37(7,8)9)20-19-45(33(51)56-36(4,5)6)14-11-13-43(17-18-44)21-26(49)22-47-25-40-27-28(47)38-23-39-30(27)58-31-29(48(53)54)41-24-42(31)10/h23-26,49H,11-22H2,1-10H3. The fraction of sp³-hybridized carbons (Fsp3) is 0.703. The summed E-state index contributed by atoms with van der Waals surface area (Å²) in [6.07, 6.45) is 2.72. The normalized spacial score (nSPS) is 16.5. The van der Waals surface area contributed by atoms with Gasteiger partial charge in [-0.3, -0.25) is 4.90 Å². The average Bonchev–Trinajstić information content (AvgIpc) is 3.66. The second-order valence-electron chi connectivity index (χ2n) is 17.2. The molecule has 3 amide bonds. The van der Waals surface area contributed by atoms with Crippen molar-refractivity contribution in [2.24, 2.45) is 7.05 Å². The molecule has 0 aliphatic carbocycles. The highest BCUT2D eigenvalue weighted by Gasteiger charge is 2.29. The maximum absolute atomic E-state index is 13.5. The molecule has 322 valence electrons. The molecule has 0 bridgehead atoms. The number of aromatic nitrogens is 6. The van der Waals surface area contributed by atoms with Gasteiger partial charge in [0.1, 0.15) is 33.7 Å². The number of nitro groups is 1. The number of aryl methyl sites for hydroxylation is 1. The molecule has 1 aliphatic rings. The van der Waals surface area contributed by atoms with E-state index in [0.717, 1.165) is 11.8 Å². The van der Waals surface area contributed by atoms with Gasteiger partial charge in [-0.05, 0) is 103 Å². The molecule has 1 unspecified atom stereocenters. The van der Waals surface area contributed by atoms with Crippen molar-refractivity contribution in [3.05, 3.63) is 29.1 Å². The van der Waals surface area contributed by atoms with E-state index in [4.69, 9.17) is 14.2 Å². The van der Waals surface area contributed by atoms with Crippen LogP contribution in [0.2, 0.25) is 0 Å². The smallest absolute Gasteiger partial charge is 0.410 e. The lowest BCUT2D eigenvalue weighted by Crippen LogP contribution is -2.48. The zero-order chi connectivity index (χ0) is 43.0. The van der Waals surface area contributed by atoms with Crippen LogP contribution in [0.3, 0.4) is 0 Å². The van der Waals surface area contributed by atoms with Crippen LogP contribution in [0.25, 0.3) is 11.2 Å². The van der Waals surface area contributed by atoms with Crippen LogP contribution in [0.4, 0.5) is 20.2 Å². The molecule has 1 atom stereocenters. The van der Waals surface area contributed by atoms with Crippen LogP contribution in [0.15, 0.2) is 29.0 Å². The van der Waals surface area contributed by atoms with Crippen LogP contribution in [0, 0.1) is 10.1 Å². The second kappa shape index (κ2) is 19.3. The molecule has 4 heterocycles. The van der Waals surface area contributed by atoms with E-state index in [1.165, 1.54) is 23.5 Å². The number of imidazole rings is 2. The van der Waals surface area contributed by atoms with Gasteiger partial charge in [0, 0.05) is 59.4 Å². The minimum absolute atomic E-state index is 0.111. The zero-order valence-electron chi connectivity index (χ0n) is 35.3. The summed E-state index contributed by atoms with van der Waals surface area (Å²) in [4.78, 5) is 75.0. The number of carbonyl (C=O) groups is 3. The number of aliphatic hydroxyl groups is 1. The fourth-order valence-electron chi connectivity index (χ4n) is 5.99. The van der Waals surface area contributed by atoms with Crippen molar-refractivity contribution in [1.82, 2.24) is 48.7 Å². The summed E-state index contributed by atoms with van der Waals surface area (Å²) in [6.45, 7) is 18.8. The lowest BCUT2D eigenvalue weighted by Gasteiger charge is -2.34. The minimum Gasteiger partial charge on any atom is -0.444 e. The van der Waals surface area contributed by atoms with Crippen molar-refractivity contribution in [1.29, 1.82) is 0 Å². The first kappa shape index (κ1) is 45.9. The average molecular weight is 834 g/mol. The van der Waals surface area contributed by atoms with Crippen LogP contribution in [0.5, 0.6) is 0 Å². The Hall–Kier alpha value is -4.76. The van der Waals surface area contributed by atoms with E-state index in [9.17, 15) is 29.6 Å². The molecule has 0 spiro atoms. The molecular formula is C37H59N11O9S. The second-order valence-corrected chi connectivity index (χ2v) is 18.1. The van der Waals surface area contributed by atoms with Gasteiger partial charge in [0.2, 0.25) is 6.33 Å². The lowest BCUT2D eigenvalue weighted by atomic mass is 10.2. The molecule has 20 nitrogen and oxygen atoms in total. The topological polar surface area (TPSA) is 217 Å². The van der Waals surface area contributed by atoms with Crippen LogP contribution in [-0.2, 0) is 27.8 Å². The van der Waals surface area contributed by atoms with Gasteiger partial charge in [-0.25, -0.2) is 29.3 Å². The van der Waals surface area contributed by atoms with E-state index in [1.807, 2.05) is 4.90 Å². The van der Waals surface area contributed by atoms with Crippen LogP contribution < -0.4 is 0 Å². The zero-order valence-corrected chi connectivity index (χ0v) is 36.2. The Kier molecular flexibility index (Phi) is 15.3. The van der Waals surface area contributed by atoms with Gasteiger partial charge in [0.25, 0.3) is 0 Å². The third-order valence-electron chi connectivity index (χ3n) is 8.51. The van der Waals surface area contributed by atoms with E-state index >= 15 is 0 Å². The monoisotopic (exact) mass is 833 g/mol. The first-order valence-corrected chi connectivity index (χ1v) is 20.1. The quantitative estimate of drug-likeness (QED) is 0.147. The van der Waals surface area contributed by atoms with Crippen LogP contribution in [-0.4, -0.2) is 159 Å². The lowest BCUT2D eigenvalue weighted by molar-refractivity contribution is -0.392. The minimum atomic E-state index is -0.917. The van der Waals surface area contributed by atoms with Gasteiger partial charge in [-0.15, -0.1) is 0 Å². The summed E-state index contributed by atoms with van der Waals surface area (Å²) in [5, 5.41) is 23.7. The number of carbonyl (C=O) groups excluding carboxylic acids is 3. The first-order chi connectivity index (χ1) is 27.0.